The van der Waals surface area contributed by atoms with E-state index in [9.17, 15) is 4.79 Å². The van der Waals surface area contributed by atoms with Crippen LogP contribution >= 0.6 is 0 Å². The molecule has 2 aliphatic heterocycles. The first-order chi connectivity index (χ1) is 10.2. The molecule has 21 heavy (non-hydrogen) atoms. The van der Waals surface area contributed by atoms with Crippen molar-refractivity contribution in [1.29, 1.82) is 0 Å². The number of nitrogens with one attached hydrogen (secondary N) is 2. The van der Waals surface area contributed by atoms with E-state index in [1.165, 1.54) is 5.56 Å². The zero-order valence-corrected chi connectivity index (χ0v) is 12.8. The summed E-state index contributed by atoms with van der Waals surface area (Å²) in [5.41, 5.74) is 3.36. The topological polar surface area (TPSA) is 50.4 Å². The van der Waals surface area contributed by atoms with Crippen LogP contribution in [0.25, 0.3) is 0 Å². The third kappa shape index (κ3) is 2.97. The quantitative estimate of drug-likeness (QED) is 0.876. The average molecular weight is 288 g/mol. The molecule has 1 aromatic rings. The second kappa shape index (κ2) is 6.16. The molecular weight excluding hydrogens is 264 g/mol. The molecule has 1 amide bonds. The van der Waals surface area contributed by atoms with Crippen LogP contribution in [0.1, 0.15) is 43.9 Å². The molecule has 3 rings (SSSR count). The Morgan fingerprint density at radius 1 is 1.48 bits per heavy atom. The number of rotatable bonds is 5. The highest BCUT2D eigenvalue weighted by Gasteiger charge is 2.33. The molecule has 0 radical (unpaired) electrons. The third-order valence-corrected chi connectivity index (χ3v) is 4.59. The molecule has 114 valence electrons. The van der Waals surface area contributed by atoms with Crippen LogP contribution in [0.3, 0.4) is 0 Å². The fraction of sp³-hybridized carbons (Fsp3) is 0.588. The van der Waals surface area contributed by atoms with Gasteiger partial charge in [-0.3, -0.25) is 4.79 Å². The maximum Gasteiger partial charge on any atom is 0.228 e. The van der Waals surface area contributed by atoms with E-state index in [1.54, 1.807) is 0 Å². The smallest absolute Gasteiger partial charge is 0.228 e. The van der Waals surface area contributed by atoms with Crippen molar-refractivity contribution < 1.29 is 9.53 Å². The molecule has 4 nitrogen and oxygen atoms in total. The molecule has 0 spiro atoms. The Morgan fingerprint density at radius 2 is 2.33 bits per heavy atom. The Bertz CT molecular complexity index is 530. The summed E-state index contributed by atoms with van der Waals surface area (Å²) in [7, 11) is 0. The lowest BCUT2D eigenvalue weighted by molar-refractivity contribution is -0.115. The first kappa shape index (κ1) is 14.5. The normalized spacial score (nSPS) is 25.7. The van der Waals surface area contributed by atoms with Gasteiger partial charge in [0.15, 0.2) is 0 Å². The van der Waals surface area contributed by atoms with Gasteiger partial charge in [-0.25, -0.2) is 0 Å². The van der Waals surface area contributed by atoms with Gasteiger partial charge >= 0.3 is 0 Å². The van der Waals surface area contributed by atoms with Crippen LogP contribution in [-0.4, -0.2) is 25.2 Å². The Hall–Kier alpha value is -1.39. The lowest BCUT2D eigenvalue weighted by Gasteiger charge is -2.28. The average Bonchev–Trinajstić information content (AvgIpc) is 3.04. The molecular formula is C17H24N2O2. The minimum absolute atomic E-state index is 0.0952. The lowest BCUT2D eigenvalue weighted by Crippen LogP contribution is -2.32. The predicted octanol–water partition coefficient (Wildman–Crippen LogP) is 2.65. The highest BCUT2D eigenvalue weighted by molar-refractivity contribution is 5.99. The first-order valence-corrected chi connectivity index (χ1v) is 7.96. The summed E-state index contributed by atoms with van der Waals surface area (Å²) in [6.07, 6.45) is 2.99. The number of hydrogen-bond donors (Lipinski definition) is 2. The van der Waals surface area contributed by atoms with Crippen molar-refractivity contribution in [3.63, 3.8) is 0 Å². The van der Waals surface area contributed by atoms with Crippen LogP contribution in [-0.2, 0) is 16.0 Å². The zero-order valence-electron chi connectivity index (χ0n) is 12.8. The summed E-state index contributed by atoms with van der Waals surface area (Å²) in [5.74, 6) is 0.595. The monoisotopic (exact) mass is 288 g/mol. The number of carbonyl (C=O) groups is 1. The molecule has 4 heteroatoms. The van der Waals surface area contributed by atoms with Gasteiger partial charge in [-0.15, -0.1) is 0 Å². The summed E-state index contributed by atoms with van der Waals surface area (Å²) in [6.45, 7) is 6.20. The summed E-state index contributed by atoms with van der Waals surface area (Å²) in [5, 5.41) is 6.58. The zero-order chi connectivity index (χ0) is 14.8. The van der Waals surface area contributed by atoms with Crippen molar-refractivity contribution in [2.75, 3.05) is 18.5 Å². The van der Waals surface area contributed by atoms with Crippen LogP contribution in [0, 0.1) is 5.92 Å². The third-order valence-electron chi connectivity index (χ3n) is 4.59. The van der Waals surface area contributed by atoms with Crippen LogP contribution in [0.15, 0.2) is 18.2 Å². The van der Waals surface area contributed by atoms with Crippen LogP contribution < -0.4 is 10.6 Å². The molecule has 1 aromatic carbocycles. The summed E-state index contributed by atoms with van der Waals surface area (Å²) in [6, 6.07) is 6.67. The second-order valence-corrected chi connectivity index (χ2v) is 6.10. The molecule has 2 heterocycles. The van der Waals surface area contributed by atoms with Gasteiger partial charge in [0.05, 0.1) is 12.5 Å². The highest BCUT2D eigenvalue weighted by Crippen LogP contribution is 2.35. The fourth-order valence-corrected chi connectivity index (χ4v) is 3.44. The van der Waals surface area contributed by atoms with Crippen LogP contribution in [0.5, 0.6) is 0 Å². The van der Waals surface area contributed by atoms with E-state index in [-0.39, 0.29) is 12.0 Å². The molecule has 1 saturated heterocycles. The van der Waals surface area contributed by atoms with Gasteiger partial charge in [-0.05, 0) is 43.5 Å². The van der Waals surface area contributed by atoms with Crippen molar-refractivity contribution >= 4 is 11.6 Å². The fourth-order valence-electron chi connectivity index (χ4n) is 3.44. The number of ether oxygens (including phenoxy) is 1. The largest absolute Gasteiger partial charge is 0.378 e. The number of carbonyl (C=O) groups excluding carboxylic acids is 1. The van der Waals surface area contributed by atoms with E-state index in [1.807, 2.05) is 6.07 Å². The minimum Gasteiger partial charge on any atom is -0.378 e. The van der Waals surface area contributed by atoms with E-state index >= 15 is 0 Å². The van der Waals surface area contributed by atoms with E-state index in [2.05, 4.69) is 36.6 Å². The Morgan fingerprint density at radius 3 is 3.05 bits per heavy atom. The van der Waals surface area contributed by atoms with E-state index < -0.39 is 0 Å². The van der Waals surface area contributed by atoms with Gasteiger partial charge in [0, 0.05) is 24.3 Å². The first-order valence-electron chi connectivity index (χ1n) is 7.96. The van der Waals surface area contributed by atoms with Gasteiger partial charge in [0.1, 0.15) is 0 Å². The van der Waals surface area contributed by atoms with Crippen LogP contribution in [0.2, 0.25) is 0 Å². The SMILES string of the molecule is CCCNC(c1ccc2c(c1)CC(=O)N2)C1CCOC1C. The lowest BCUT2D eigenvalue weighted by atomic mass is 9.87. The minimum atomic E-state index is 0.0952. The molecule has 0 aromatic heterocycles. The van der Waals surface area contributed by atoms with E-state index in [0.717, 1.165) is 37.2 Å². The maximum absolute atomic E-state index is 11.5. The standard InChI is InChI=1S/C17H24N2O2/c1-3-7-18-17(14-6-8-21-11(14)2)12-4-5-15-13(9-12)10-16(20)19-15/h4-5,9,11,14,17-18H,3,6-8,10H2,1-2H3,(H,19,20). The summed E-state index contributed by atoms with van der Waals surface area (Å²) >= 11 is 0. The number of fused-ring (bicyclic) bond motifs is 1. The second-order valence-electron chi connectivity index (χ2n) is 6.10. The predicted molar refractivity (Wildman–Crippen MR) is 83.3 cm³/mol. The van der Waals surface area contributed by atoms with E-state index in [0.29, 0.717) is 18.4 Å². The van der Waals surface area contributed by atoms with Crippen molar-refractivity contribution in [1.82, 2.24) is 5.32 Å². The van der Waals surface area contributed by atoms with E-state index in [4.69, 9.17) is 4.74 Å². The van der Waals surface area contributed by atoms with Crippen LogP contribution in [0.4, 0.5) is 5.69 Å². The van der Waals surface area contributed by atoms with Gasteiger partial charge in [0.25, 0.3) is 0 Å². The van der Waals surface area contributed by atoms with Crippen molar-refractivity contribution in [2.45, 2.75) is 45.3 Å². The van der Waals surface area contributed by atoms with Crippen molar-refractivity contribution in [3.8, 4) is 0 Å². The van der Waals surface area contributed by atoms with Gasteiger partial charge in [-0.2, -0.15) is 0 Å². The van der Waals surface area contributed by atoms with Gasteiger partial charge in [-0.1, -0.05) is 19.1 Å². The molecule has 2 N–H and O–H groups in total. The number of anilines is 1. The van der Waals surface area contributed by atoms with Crippen molar-refractivity contribution in [3.05, 3.63) is 29.3 Å². The maximum atomic E-state index is 11.5. The molecule has 1 fully saturated rings. The highest BCUT2D eigenvalue weighted by atomic mass is 16.5. The number of benzene rings is 1. The number of hydrogen-bond acceptors (Lipinski definition) is 3. The van der Waals surface area contributed by atoms with Gasteiger partial charge < -0.3 is 15.4 Å². The Balaban J connectivity index is 1.86. The molecule has 2 aliphatic rings. The Labute approximate surface area is 126 Å². The summed E-state index contributed by atoms with van der Waals surface area (Å²) < 4.78 is 5.75. The summed E-state index contributed by atoms with van der Waals surface area (Å²) in [4.78, 5) is 11.5. The molecule has 0 saturated carbocycles. The van der Waals surface area contributed by atoms with Gasteiger partial charge in [0.2, 0.25) is 5.91 Å². The molecule has 0 aliphatic carbocycles. The molecule has 0 bridgehead atoms. The molecule has 3 unspecified atom stereocenters. The molecule has 3 atom stereocenters. The Kier molecular flexibility index (Phi) is 4.27. The number of amides is 1. The van der Waals surface area contributed by atoms with Crippen molar-refractivity contribution in [2.24, 2.45) is 5.92 Å².